The lowest BCUT2D eigenvalue weighted by atomic mass is 9.99. The fraction of sp³-hybridized carbons (Fsp3) is 0.316. The number of benzene rings is 1. The van der Waals surface area contributed by atoms with E-state index in [0.717, 1.165) is 17.3 Å². The van der Waals surface area contributed by atoms with Gasteiger partial charge in [-0.15, -0.1) is 0 Å². The molecule has 1 aliphatic heterocycles. The van der Waals surface area contributed by atoms with Crippen LogP contribution in [0.2, 0.25) is 0 Å². The molecule has 2 aromatic rings. The Morgan fingerprint density at radius 3 is 2.63 bits per heavy atom. The SMILES string of the molecule is CC(C)(C)NC1(N)SC(C(=O)c2cc(-c3ccccc3)no2)=C(N)C1C#N. The molecule has 0 amide bonds. The number of nitrogens with two attached hydrogens (primary N) is 2. The molecule has 1 aromatic carbocycles. The van der Waals surface area contributed by atoms with Gasteiger partial charge in [0, 0.05) is 22.9 Å². The highest BCUT2D eigenvalue weighted by molar-refractivity contribution is 8.05. The van der Waals surface area contributed by atoms with Crippen LogP contribution in [0, 0.1) is 17.2 Å². The van der Waals surface area contributed by atoms with Crippen LogP contribution in [0.3, 0.4) is 0 Å². The van der Waals surface area contributed by atoms with E-state index in [1.165, 1.54) is 0 Å². The molecule has 2 unspecified atom stereocenters. The molecule has 0 aliphatic carbocycles. The Kier molecular flexibility index (Phi) is 4.86. The normalized spacial score (nSPS) is 22.7. The number of nitriles is 1. The quantitative estimate of drug-likeness (QED) is 0.542. The van der Waals surface area contributed by atoms with Crippen LogP contribution in [0.5, 0.6) is 0 Å². The zero-order chi connectivity index (χ0) is 19.8. The van der Waals surface area contributed by atoms with E-state index in [1.807, 2.05) is 51.1 Å². The van der Waals surface area contributed by atoms with E-state index in [9.17, 15) is 10.1 Å². The lowest BCUT2D eigenvalue weighted by Crippen LogP contribution is -2.61. The first-order chi connectivity index (χ1) is 12.6. The fourth-order valence-corrected chi connectivity index (χ4v) is 4.34. The Morgan fingerprint density at radius 1 is 1.37 bits per heavy atom. The highest BCUT2D eigenvalue weighted by atomic mass is 32.2. The van der Waals surface area contributed by atoms with Crippen molar-refractivity contribution in [2.75, 3.05) is 0 Å². The molecule has 0 saturated carbocycles. The maximum Gasteiger partial charge on any atom is 0.239 e. The molecule has 3 rings (SSSR count). The Morgan fingerprint density at radius 2 is 2.04 bits per heavy atom. The smallest absolute Gasteiger partial charge is 0.239 e. The second-order valence-corrected chi connectivity index (χ2v) is 8.68. The van der Waals surface area contributed by atoms with Crippen LogP contribution in [-0.2, 0) is 0 Å². The first kappa shape index (κ1) is 19.2. The molecular weight excluding hydrogens is 362 g/mol. The van der Waals surface area contributed by atoms with Crippen molar-refractivity contribution in [2.24, 2.45) is 17.4 Å². The van der Waals surface area contributed by atoms with Crippen LogP contribution < -0.4 is 16.8 Å². The Balaban J connectivity index is 1.90. The number of ketones is 1. The van der Waals surface area contributed by atoms with Crippen LogP contribution in [-0.4, -0.2) is 21.5 Å². The number of nitrogens with zero attached hydrogens (tertiary/aromatic N) is 2. The van der Waals surface area contributed by atoms with Crippen molar-refractivity contribution in [3.05, 3.63) is 52.8 Å². The van der Waals surface area contributed by atoms with Crippen molar-refractivity contribution in [1.29, 1.82) is 5.26 Å². The van der Waals surface area contributed by atoms with Gasteiger partial charge in [-0.1, -0.05) is 47.3 Å². The van der Waals surface area contributed by atoms with Gasteiger partial charge in [0.15, 0.2) is 0 Å². The summed E-state index contributed by atoms with van der Waals surface area (Å²) >= 11 is 1.05. The van der Waals surface area contributed by atoms with Crippen molar-refractivity contribution in [3.8, 4) is 17.3 Å². The Labute approximate surface area is 161 Å². The average Bonchev–Trinajstić information content (AvgIpc) is 3.17. The van der Waals surface area contributed by atoms with E-state index in [4.69, 9.17) is 16.0 Å². The van der Waals surface area contributed by atoms with Gasteiger partial charge >= 0.3 is 0 Å². The van der Waals surface area contributed by atoms with Gasteiger partial charge in [0.1, 0.15) is 16.6 Å². The molecule has 2 atom stereocenters. The van der Waals surface area contributed by atoms with Crippen LogP contribution >= 0.6 is 11.8 Å². The van der Waals surface area contributed by atoms with Gasteiger partial charge in [0.2, 0.25) is 11.5 Å². The molecule has 8 heteroatoms. The molecule has 27 heavy (non-hydrogen) atoms. The van der Waals surface area contributed by atoms with Gasteiger partial charge in [-0.2, -0.15) is 5.26 Å². The lowest BCUT2D eigenvalue weighted by Gasteiger charge is -2.36. The lowest BCUT2D eigenvalue weighted by molar-refractivity contribution is 0.100. The van der Waals surface area contributed by atoms with Crippen molar-refractivity contribution < 1.29 is 9.32 Å². The minimum absolute atomic E-state index is 0.0519. The van der Waals surface area contributed by atoms with Crippen molar-refractivity contribution in [3.63, 3.8) is 0 Å². The molecular formula is C19H21N5O2S. The zero-order valence-electron chi connectivity index (χ0n) is 15.3. The summed E-state index contributed by atoms with van der Waals surface area (Å²) in [4.78, 5) is 11.9. The molecule has 5 N–H and O–H groups in total. The summed E-state index contributed by atoms with van der Waals surface area (Å²) in [6.07, 6.45) is 0. The third kappa shape index (κ3) is 3.76. The van der Waals surface area contributed by atoms with Gasteiger partial charge in [-0.3, -0.25) is 10.1 Å². The fourth-order valence-electron chi connectivity index (χ4n) is 2.91. The number of aromatic nitrogens is 1. The maximum atomic E-state index is 12.9. The highest BCUT2D eigenvalue weighted by Crippen LogP contribution is 2.45. The molecule has 1 aromatic heterocycles. The van der Waals surface area contributed by atoms with Gasteiger partial charge in [0.25, 0.3) is 0 Å². The monoisotopic (exact) mass is 383 g/mol. The molecule has 1 aliphatic rings. The van der Waals surface area contributed by atoms with E-state index >= 15 is 0 Å². The second kappa shape index (κ2) is 6.85. The molecule has 0 bridgehead atoms. The first-order valence-electron chi connectivity index (χ1n) is 8.38. The molecule has 0 spiro atoms. The third-order valence-corrected chi connectivity index (χ3v) is 5.28. The Bertz CT molecular complexity index is 939. The van der Waals surface area contributed by atoms with Crippen LogP contribution in [0.15, 0.2) is 51.5 Å². The summed E-state index contributed by atoms with van der Waals surface area (Å²) < 4.78 is 5.23. The Hall–Kier alpha value is -2.60. The standard InChI is InChI=1S/C19H21N5O2S/c1-18(2,3)24-19(22)12(10-20)15(21)17(27-19)16(25)14-9-13(23-26-14)11-7-5-4-6-8-11/h4-9,12,24H,21-22H2,1-3H3. The van der Waals surface area contributed by atoms with Crippen LogP contribution in [0.25, 0.3) is 11.3 Å². The van der Waals surface area contributed by atoms with Gasteiger partial charge in [-0.05, 0) is 20.8 Å². The van der Waals surface area contributed by atoms with E-state index in [1.54, 1.807) is 6.07 Å². The number of carbonyl (C=O) groups excluding carboxylic acids is 1. The maximum absolute atomic E-state index is 12.9. The average molecular weight is 383 g/mol. The van der Waals surface area contributed by atoms with Gasteiger partial charge in [0.05, 0.1) is 11.0 Å². The number of rotatable bonds is 4. The van der Waals surface area contributed by atoms with Gasteiger partial charge < -0.3 is 16.0 Å². The number of thioether (sulfide) groups is 1. The van der Waals surface area contributed by atoms with Crippen molar-refractivity contribution in [1.82, 2.24) is 10.5 Å². The van der Waals surface area contributed by atoms with E-state index in [2.05, 4.69) is 16.5 Å². The molecule has 140 valence electrons. The topological polar surface area (TPSA) is 131 Å². The van der Waals surface area contributed by atoms with E-state index in [0.29, 0.717) is 5.69 Å². The third-order valence-electron chi connectivity index (χ3n) is 3.98. The minimum Gasteiger partial charge on any atom is -0.400 e. The minimum atomic E-state index is -1.20. The summed E-state index contributed by atoms with van der Waals surface area (Å²) in [7, 11) is 0. The number of hydrogen-bond donors (Lipinski definition) is 3. The summed E-state index contributed by atoms with van der Waals surface area (Å²) in [5.74, 6) is -1.23. The van der Waals surface area contributed by atoms with Crippen molar-refractivity contribution >= 4 is 17.5 Å². The molecule has 0 saturated heterocycles. The first-order valence-corrected chi connectivity index (χ1v) is 9.19. The number of carbonyl (C=O) groups is 1. The number of hydrogen-bond acceptors (Lipinski definition) is 8. The number of Topliss-reactive ketones (excluding diaryl/α,β-unsaturated/α-hetero) is 1. The summed E-state index contributed by atoms with van der Waals surface area (Å²) in [5.41, 5.74) is 13.7. The predicted molar refractivity (Wildman–Crippen MR) is 104 cm³/mol. The predicted octanol–water partition coefficient (Wildman–Crippen LogP) is 2.58. The molecule has 0 radical (unpaired) electrons. The number of allylic oxidation sites excluding steroid dienone is 1. The summed E-state index contributed by atoms with van der Waals surface area (Å²) in [6, 6.07) is 13.0. The van der Waals surface area contributed by atoms with Crippen LogP contribution in [0.1, 0.15) is 31.3 Å². The molecule has 7 nitrogen and oxygen atoms in total. The number of nitrogens with one attached hydrogen (secondary N) is 1. The largest absolute Gasteiger partial charge is 0.400 e. The summed E-state index contributed by atoms with van der Waals surface area (Å²) in [5, 5.41) is 16.7. The second-order valence-electron chi connectivity index (χ2n) is 7.39. The molecule has 2 heterocycles. The van der Waals surface area contributed by atoms with Gasteiger partial charge in [-0.25, -0.2) is 0 Å². The summed E-state index contributed by atoms with van der Waals surface area (Å²) in [6.45, 7) is 5.78. The van der Waals surface area contributed by atoms with E-state index < -0.39 is 16.7 Å². The van der Waals surface area contributed by atoms with Crippen LogP contribution in [0.4, 0.5) is 0 Å². The molecule has 0 fully saturated rings. The van der Waals surface area contributed by atoms with Crippen molar-refractivity contribution in [2.45, 2.75) is 31.3 Å². The zero-order valence-corrected chi connectivity index (χ0v) is 16.1. The van der Waals surface area contributed by atoms with E-state index in [-0.39, 0.29) is 21.9 Å². The highest BCUT2D eigenvalue weighted by Gasteiger charge is 2.49.